The first-order chi connectivity index (χ1) is 16.5. The molecular weight excluding hydrogens is 560 g/mol. The van der Waals surface area contributed by atoms with E-state index in [0.29, 0.717) is 13.0 Å². The van der Waals surface area contributed by atoms with E-state index in [4.69, 9.17) is 14.8 Å². The molecule has 0 fully saturated rings. The van der Waals surface area contributed by atoms with Crippen molar-refractivity contribution in [2.75, 3.05) is 7.11 Å². The molecule has 1 N–H and O–H groups in total. The Hall–Kier alpha value is -2.90. The molecule has 0 unspecified atom stereocenters. The molecule has 0 bridgehead atoms. The summed E-state index contributed by atoms with van der Waals surface area (Å²) >= 11 is 7.06. The maximum absolute atomic E-state index is 11.1. The molecule has 0 aliphatic carbocycles. The normalized spacial score (nSPS) is 10.9. The number of aliphatic carboxylic acids is 1. The molecule has 4 aromatic rings. The van der Waals surface area contributed by atoms with E-state index in [1.54, 1.807) is 7.11 Å². The molecule has 0 aliphatic rings. The van der Waals surface area contributed by atoms with Crippen LogP contribution in [0, 0.1) is 0 Å². The van der Waals surface area contributed by atoms with Gasteiger partial charge in [-0.2, -0.15) is 0 Å². The van der Waals surface area contributed by atoms with Crippen molar-refractivity contribution in [3.8, 4) is 39.7 Å². The predicted molar refractivity (Wildman–Crippen MR) is 142 cm³/mol. The van der Waals surface area contributed by atoms with Crippen molar-refractivity contribution in [2.45, 2.75) is 25.8 Å². The molecule has 174 valence electrons. The molecule has 34 heavy (non-hydrogen) atoms. The summed E-state index contributed by atoms with van der Waals surface area (Å²) < 4.78 is 9.56. The number of methoxy groups -OCH3 is 1. The van der Waals surface area contributed by atoms with Crippen LogP contribution in [0.15, 0.2) is 81.7 Å². The van der Waals surface area contributed by atoms with Crippen LogP contribution in [0.4, 0.5) is 0 Å². The number of carbonyl (C=O) groups is 1. The molecule has 7 heteroatoms. The molecule has 1 heterocycles. The zero-order chi connectivity index (χ0) is 24.1. The van der Waals surface area contributed by atoms with Gasteiger partial charge in [-0.05, 0) is 61.4 Å². The Bertz CT molecular complexity index is 1270. The lowest BCUT2D eigenvalue weighted by Crippen LogP contribution is -2.04. The van der Waals surface area contributed by atoms with Crippen molar-refractivity contribution in [3.63, 3.8) is 0 Å². The van der Waals surface area contributed by atoms with Crippen LogP contribution in [0.5, 0.6) is 5.75 Å². The molecule has 1 aromatic heterocycles. The molecule has 0 saturated carbocycles. The number of carboxylic acids is 1. The second-order valence-corrected chi connectivity index (χ2v) is 9.71. The number of benzene rings is 3. The van der Waals surface area contributed by atoms with Crippen LogP contribution in [0.2, 0.25) is 0 Å². The number of halogens is 2. The monoisotopic (exact) mass is 582 g/mol. The van der Waals surface area contributed by atoms with Gasteiger partial charge in [-0.3, -0.25) is 4.79 Å². The molecular formula is C27H24Br2N2O3. The van der Waals surface area contributed by atoms with Crippen molar-refractivity contribution in [1.82, 2.24) is 9.55 Å². The number of hydrogen-bond donors (Lipinski definition) is 1. The van der Waals surface area contributed by atoms with Crippen molar-refractivity contribution in [1.29, 1.82) is 0 Å². The Balaban J connectivity index is 1.89. The maximum Gasteiger partial charge on any atom is 0.303 e. The van der Waals surface area contributed by atoms with Gasteiger partial charge in [0.25, 0.3) is 0 Å². The third-order valence-corrected chi connectivity index (χ3v) is 6.63. The van der Waals surface area contributed by atoms with Gasteiger partial charge < -0.3 is 14.4 Å². The average Bonchev–Trinajstić information content (AvgIpc) is 3.22. The molecule has 0 atom stereocenters. The Morgan fingerprint density at radius 2 is 1.41 bits per heavy atom. The lowest BCUT2D eigenvalue weighted by Gasteiger charge is -2.14. The Labute approximate surface area is 215 Å². The van der Waals surface area contributed by atoms with E-state index in [2.05, 4.69) is 60.7 Å². The first-order valence-corrected chi connectivity index (χ1v) is 12.5. The van der Waals surface area contributed by atoms with E-state index >= 15 is 0 Å². The first-order valence-electron chi connectivity index (χ1n) is 10.9. The molecule has 0 saturated heterocycles. The zero-order valence-corrected chi connectivity index (χ0v) is 21.8. The lowest BCUT2D eigenvalue weighted by molar-refractivity contribution is -0.137. The highest BCUT2D eigenvalue weighted by molar-refractivity contribution is 9.10. The van der Waals surface area contributed by atoms with Crippen molar-refractivity contribution >= 4 is 37.8 Å². The third-order valence-electron chi connectivity index (χ3n) is 5.57. The summed E-state index contributed by atoms with van der Waals surface area (Å²) in [7, 11) is 1.65. The van der Waals surface area contributed by atoms with Crippen LogP contribution in [-0.4, -0.2) is 27.7 Å². The molecule has 4 rings (SSSR count). The van der Waals surface area contributed by atoms with E-state index in [0.717, 1.165) is 55.0 Å². The first kappa shape index (κ1) is 24.2. The highest BCUT2D eigenvalue weighted by Crippen LogP contribution is 2.37. The number of imidazole rings is 1. The summed E-state index contributed by atoms with van der Waals surface area (Å²) in [6.45, 7) is 0.656. The summed E-state index contributed by atoms with van der Waals surface area (Å²) in [5.74, 6) is 0.850. The highest BCUT2D eigenvalue weighted by atomic mass is 79.9. The zero-order valence-electron chi connectivity index (χ0n) is 18.7. The number of aromatic nitrogens is 2. The number of hydrogen-bond acceptors (Lipinski definition) is 3. The Morgan fingerprint density at radius 3 is 1.97 bits per heavy atom. The molecule has 0 radical (unpaired) electrons. The van der Waals surface area contributed by atoms with Gasteiger partial charge in [-0.25, -0.2) is 4.98 Å². The Kier molecular flexibility index (Phi) is 7.85. The van der Waals surface area contributed by atoms with E-state index in [1.807, 2.05) is 48.5 Å². The summed E-state index contributed by atoms with van der Waals surface area (Å²) in [4.78, 5) is 16.2. The number of rotatable bonds is 9. The fourth-order valence-electron chi connectivity index (χ4n) is 3.89. The number of nitrogens with zero attached hydrogens (tertiary/aromatic N) is 2. The van der Waals surface area contributed by atoms with E-state index < -0.39 is 5.97 Å². The van der Waals surface area contributed by atoms with Crippen LogP contribution in [0.25, 0.3) is 33.9 Å². The van der Waals surface area contributed by atoms with Gasteiger partial charge in [0.1, 0.15) is 11.6 Å². The number of ether oxygens (including phenoxy) is 1. The summed E-state index contributed by atoms with van der Waals surface area (Å²) in [6, 6.07) is 24.2. The van der Waals surface area contributed by atoms with Crippen LogP contribution < -0.4 is 4.74 Å². The van der Waals surface area contributed by atoms with Gasteiger partial charge in [0.2, 0.25) is 0 Å². The number of carboxylic acid groups (broad SMARTS) is 1. The maximum atomic E-state index is 11.1. The minimum atomic E-state index is -0.773. The molecule has 0 aliphatic heterocycles. The molecule has 5 nitrogen and oxygen atoms in total. The summed E-state index contributed by atoms with van der Waals surface area (Å²) in [6.07, 6.45) is 1.48. The van der Waals surface area contributed by atoms with E-state index in [-0.39, 0.29) is 6.42 Å². The highest BCUT2D eigenvalue weighted by Gasteiger charge is 2.21. The summed E-state index contributed by atoms with van der Waals surface area (Å²) in [5, 5.41) is 9.09. The number of unbranched alkanes of at least 4 members (excludes halogenated alkanes) is 1. The van der Waals surface area contributed by atoms with Gasteiger partial charge in [0.15, 0.2) is 0 Å². The second kappa shape index (κ2) is 11.0. The van der Waals surface area contributed by atoms with E-state index in [9.17, 15) is 4.79 Å². The summed E-state index contributed by atoms with van der Waals surface area (Å²) in [5.41, 5.74) is 4.93. The minimum absolute atomic E-state index is 0.153. The van der Waals surface area contributed by atoms with Crippen LogP contribution in [0.1, 0.15) is 19.3 Å². The molecule has 0 spiro atoms. The predicted octanol–water partition coefficient (Wildman–Crippen LogP) is 7.67. The van der Waals surface area contributed by atoms with Crippen LogP contribution in [0.3, 0.4) is 0 Å². The fourth-order valence-corrected chi connectivity index (χ4v) is 4.42. The van der Waals surface area contributed by atoms with Crippen molar-refractivity contribution in [2.24, 2.45) is 0 Å². The molecule has 3 aromatic carbocycles. The average molecular weight is 584 g/mol. The van der Waals surface area contributed by atoms with Gasteiger partial charge in [-0.15, -0.1) is 0 Å². The SMILES string of the molecule is COc1ccc(-c2nc(-c3ccc(Br)cc3)c(-c3ccc(Br)cc3)n2CCCCC(=O)O)cc1. The van der Waals surface area contributed by atoms with Crippen LogP contribution >= 0.6 is 31.9 Å². The van der Waals surface area contributed by atoms with Crippen molar-refractivity contribution in [3.05, 3.63) is 81.7 Å². The van der Waals surface area contributed by atoms with Gasteiger partial charge in [-0.1, -0.05) is 56.1 Å². The van der Waals surface area contributed by atoms with Crippen LogP contribution in [-0.2, 0) is 11.3 Å². The fraction of sp³-hybridized carbons (Fsp3) is 0.185. The minimum Gasteiger partial charge on any atom is -0.497 e. The lowest BCUT2D eigenvalue weighted by atomic mass is 10.0. The standard InChI is InChI=1S/C27H24Br2N2O3/c1-34-23-15-9-20(10-16-23)27-30-25(18-5-11-21(28)12-6-18)26(19-7-13-22(29)14-8-19)31(27)17-3-2-4-24(32)33/h5-16H,2-4,17H2,1H3,(H,32,33). The largest absolute Gasteiger partial charge is 0.497 e. The molecule has 0 amide bonds. The van der Waals surface area contributed by atoms with E-state index in [1.165, 1.54) is 0 Å². The van der Waals surface area contributed by atoms with Gasteiger partial charge in [0, 0.05) is 38.6 Å². The smallest absolute Gasteiger partial charge is 0.303 e. The quantitative estimate of drug-likeness (QED) is 0.205. The Morgan fingerprint density at radius 1 is 0.853 bits per heavy atom. The van der Waals surface area contributed by atoms with Gasteiger partial charge in [0.05, 0.1) is 18.5 Å². The van der Waals surface area contributed by atoms with Crippen molar-refractivity contribution < 1.29 is 14.6 Å². The van der Waals surface area contributed by atoms with Gasteiger partial charge >= 0.3 is 5.97 Å². The second-order valence-electron chi connectivity index (χ2n) is 7.88. The third kappa shape index (κ3) is 5.59. The topological polar surface area (TPSA) is 64.4 Å².